The number of hydrogen-bond acceptors (Lipinski definition) is 7. The van der Waals surface area contributed by atoms with E-state index in [1.807, 2.05) is 44.3 Å². The summed E-state index contributed by atoms with van der Waals surface area (Å²) in [6.45, 7) is 5.24. The maximum absolute atomic E-state index is 13.5. The summed E-state index contributed by atoms with van der Waals surface area (Å²) in [5.41, 5.74) is 1.87. The molecule has 2 amide bonds. The number of Topliss-reactive ketones (excluding diaryl/α,β-unsaturated/α-hetero) is 1. The minimum absolute atomic E-state index is 0.00711. The number of ketones is 1. The van der Waals surface area contributed by atoms with Crippen LogP contribution in [0.25, 0.3) is 10.9 Å². The second kappa shape index (κ2) is 13.4. The number of carbonyl (C=O) groups is 4. The van der Waals surface area contributed by atoms with Crippen LogP contribution in [-0.4, -0.2) is 75.8 Å². The highest BCUT2D eigenvalue weighted by molar-refractivity contribution is 8.14. The van der Waals surface area contributed by atoms with Crippen molar-refractivity contribution in [1.29, 1.82) is 5.41 Å². The highest BCUT2D eigenvalue weighted by Gasteiger charge is 2.28. The molecule has 2 atom stereocenters. The van der Waals surface area contributed by atoms with Crippen molar-refractivity contribution in [2.45, 2.75) is 63.3 Å². The highest BCUT2D eigenvalue weighted by Crippen LogP contribution is 2.20. The summed E-state index contributed by atoms with van der Waals surface area (Å²) in [6.07, 6.45) is 4.98. The van der Waals surface area contributed by atoms with Crippen molar-refractivity contribution in [3.05, 3.63) is 36.0 Å². The summed E-state index contributed by atoms with van der Waals surface area (Å²) in [5.74, 6) is -0.857. The molecule has 1 aliphatic heterocycles. The van der Waals surface area contributed by atoms with Gasteiger partial charge in [0.1, 0.15) is 0 Å². The van der Waals surface area contributed by atoms with E-state index in [2.05, 4.69) is 15.6 Å². The quantitative estimate of drug-likeness (QED) is 0.304. The van der Waals surface area contributed by atoms with Gasteiger partial charge in [0.05, 0.1) is 24.8 Å². The number of carbonyl (C=O) groups excluding carboxylic acids is 4. The number of para-hydroxylation sites is 1. The summed E-state index contributed by atoms with van der Waals surface area (Å²) in [6, 6.07) is 6.16. The van der Waals surface area contributed by atoms with Gasteiger partial charge in [0.15, 0.2) is 5.78 Å². The molecule has 9 nitrogen and oxygen atoms in total. The molecule has 1 aliphatic rings. The normalized spacial score (nSPS) is 15.1. The Hall–Kier alpha value is -2.98. The summed E-state index contributed by atoms with van der Waals surface area (Å²) >= 11 is 1.11. The lowest BCUT2D eigenvalue weighted by Gasteiger charge is -2.24. The van der Waals surface area contributed by atoms with Gasteiger partial charge in [-0.1, -0.05) is 43.8 Å². The van der Waals surface area contributed by atoms with Crippen molar-refractivity contribution in [1.82, 2.24) is 20.5 Å². The average molecular weight is 514 g/mol. The van der Waals surface area contributed by atoms with E-state index >= 15 is 0 Å². The van der Waals surface area contributed by atoms with Crippen LogP contribution in [0.5, 0.6) is 0 Å². The third-order valence-electron chi connectivity index (χ3n) is 6.17. The zero-order chi connectivity index (χ0) is 26.1. The van der Waals surface area contributed by atoms with Crippen LogP contribution in [0.1, 0.15) is 45.1 Å². The number of nitrogens with zero attached hydrogens (tertiary/aromatic N) is 1. The molecule has 0 aliphatic carbocycles. The first-order chi connectivity index (χ1) is 17.3. The maximum atomic E-state index is 13.5. The van der Waals surface area contributed by atoms with Gasteiger partial charge in [-0.05, 0) is 37.3 Å². The largest absolute Gasteiger partial charge is 0.361 e. The first-order valence-corrected chi connectivity index (χ1v) is 13.3. The van der Waals surface area contributed by atoms with Crippen LogP contribution >= 0.6 is 11.8 Å². The fourth-order valence-corrected chi connectivity index (χ4v) is 5.07. The molecule has 1 aromatic carbocycles. The SMILES string of the molecule is CC(C)SC(=O)[C@H](CCC(=O)C=N)NC(=O)C(Cc1c[nH]c2ccccc12)NCC(=O)N1CCCC1. The van der Waals surface area contributed by atoms with Crippen molar-refractivity contribution >= 4 is 51.6 Å². The second-order valence-electron chi connectivity index (χ2n) is 9.28. The van der Waals surface area contributed by atoms with Gasteiger partial charge >= 0.3 is 0 Å². The Morgan fingerprint density at radius 3 is 2.56 bits per heavy atom. The van der Waals surface area contributed by atoms with E-state index in [4.69, 9.17) is 5.41 Å². The number of aromatic amines is 1. The molecule has 2 heterocycles. The number of thioether (sulfide) groups is 1. The van der Waals surface area contributed by atoms with Gasteiger partial charge in [-0.25, -0.2) is 0 Å². The van der Waals surface area contributed by atoms with Gasteiger partial charge in [-0.2, -0.15) is 0 Å². The molecule has 0 saturated carbocycles. The first kappa shape index (κ1) is 27.6. The number of hydrogen-bond donors (Lipinski definition) is 4. The van der Waals surface area contributed by atoms with Gasteiger partial charge in [-0.3, -0.25) is 24.5 Å². The van der Waals surface area contributed by atoms with Gasteiger partial charge in [0.25, 0.3) is 0 Å². The lowest BCUT2D eigenvalue weighted by atomic mass is 10.0. The van der Waals surface area contributed by atoms with E-state index in [1.54, 1.807) is 4.90 Å². The van der Waals surface area contributed by atoms with Crippen LogP contribution in [0.4, 0.5) is 0 Å². The fraction of sp³-hybridized carbons (Fsp3) is 0.500. The molecular formula is C26H35N5O4S. The Bertz CT molecular complexity index is 1090. The van der Waals surface area contributed by atoms with E-state index in [1.165, 1.54) is 0 Å². The highest BCUT2D eigenvalue weighted by atomic mass is 32.2. The van der Waals surface area contributed by atoms with Crippen LogP contribution in [0.3, 0.4) is 0 Å². The zero-order valence-electron chi connectivity index (χ0n) is 20.8. The Morgan fingerprint density at radius 1 is 1.14 bits per heavy atom. The van der Waals surface area contributed by atoms with Crippen molar-refractivity contribution in [2.75, 3.05) is 19.6 Å². The van der Waals surface area contributed by atoms with E-state index < -0.39 is 23.8 Å². The Kier molecular flexibility index (Phi) is 10.2. The lowest BCUT2D eigenvalue weighted by Crippen LogP contribution is -2.52. The molecular weight excluding hydrogens is 478 g/mol. The number of fused-ring (bicyclic) bond motifs is 1. The maximum Gasteiger partial charge on any atom is 0.238 e. The van der Waals surface area contributed by atoms with Crippen LogP contribution in [0.2, 0.25) is 0 Å². The molecule has 0 bridgehead atoms. The number of benzene rings is 1. The monoisotopic (exact) mass is 513 g/mol. The molecule has 1 fully saturated rings. The number of likely N-dealkylation sites (tertiary alicyclic amines) is 1. The standard InChI is InChI=1S/C26H35N5O4S/c1-17(2)36-26(35)22(10-9-19(32)14-27)30-25(34)23(29-16-24(33)31-11-5-6-12-31)13-18-15-28-21-8-4-3-7-20(18)21/h3-4,7-8,14-15,17,22-23,27-29H,5-6,9-13,16H2,1-2H3,(H,30,34)/t22-,23?/m0/s1. The predicted molar refractivity (Wildman–Crippen MR) is 142 cm³/mol. The van der Waals surface area contributed by atoms with Gasteiger partial charge < -0.3 is 20.6 Å². The Morgan fingerprint density at radius 2 is 1.86 bits per heavy atom. The molecule has 10 heteroatoms. The minimum atomic E-state index is -0.865. The van der Waals surface area contributed by atoms with Crippen LogP contribution in [0, 0.1) is 5.41 Å². The molecule has 0 spiro atoms. The fourth-order valence-electron chi connectivity index (χ4n) is 4.26. The molecule has 36 heavy (non-hydrogen) atoms. The second-order valence-corrected chi connectivity index (χ2v) is 10.9. The smallest absolute Gasteiger partial charge is 0.238 e. The molecule has 1 unspecified atom stereocenters. The Labute approximate surface area is 215 Å². The van der Waals surface area contributed by atoms with Crippen molar-refractivity contribution < 1.29 is 19.2 Å². The molecule has 4 N–H and O–H groups in total. The number of aromatic nitrogens is 1. The third kappa shape index (κ3) is 7.76. The molecule has 1 aromatic heterocycles. The third-order valence-corrected chi connectivity index (χ3v) is 7.16. The van der Waals surface area contributed by atoms with Gasteiger partial charge in [0.2, 0.25) is 16.9 Å². The summed E-state index contributed by atoms with van der Waals surface area (Å²) in [7, 11) is 0. The summed E-state index contributed by atoms with van der Waals surface area (Å²) < 4.78 is 0. The van der Waals surface area contributed by atoms with Crippen LogP contribution in [0.15, 0.2) is 30.5 Å². The van der Waals surface area contributed by atoms with E-state index in [0.29, 0.717) is 6.42 Å². The predicted octanol–water partition coefficient (Wildman–Crippen LogP) is 2.44. The summed E-state index contributed by atoms with van der Waals surface area (Å²) in [4.78, 5) is 55.6. The van der Waals surface area contributed by atoms with Gasteiger partial charge in [-0.15, -0.1) is 0 Å². The summed E-state index contributed by atoms with van der Waals surface area (Å²) in [5, 5.41) is 13.9. The number of amides is 2. The lowest BCUT2D eigenvalue weighted by molar-refractivity contribution is -0.130. The van der Waals surface area contributed by atoms with E-state index in [-0.39, 0.29) is 35.7 Å². The van der Waals surface area contributed by atoms with Crippen molar-refractivity contribution in [2.24, 2.45) is 0 Å². The topological polar surface area (TPSA) is 135 Å². The van der Waals surface area contributed by atoms with Crippen LogP contribution < -0.4 is 10.6 Å². The number of nitrogens with one attached hydrogen (secondary N) is 4. The first-order valence-electron chi connectivity index (χ1n) is 12.4. The van der Waals surface area contributed by atoms with Crippen molar-refractivity contribution in [3.8, 4) is 0 Å². The minimum Gasteiger partial charge on any atom is -0.361 e. The molecule has 194 valence electrons. The van der Waals surface area contributed by atoms with E-state index in [0.717, 1.165) is 60.4 Å². The molecule has 3 rings (SSSR count). The number of H-pyrrole nitrogens is 1. The molecule has 2 aromatic rings. The Balaban J connectivity index is 1.77. The van der Waals surface area contributed by atoms with Crippen molar-refractivity contribution in [3.63, 3.8) is 0 Å². The average Bonchev–Trinajstić information content (AvgIpc) is 3.54. The molecule has 0 radical (unpaired) electrons. The van der Waals surface area contributed by atoms with E-state index in [9.17, 15) is 19.2 Å². The zero-order valence-corrected chi connectivity index (χ0v) is 21.7. The van der Waals surface area contributed by atoms with Crippen LogP contribution in [-0.2, 0) is 25.6 Å². The molecule has 1 saturated heterocycles. The van der Waals surface area contributed by atoms with Gasteiger partial charge in [0, 0.05) is 41.9 Å². The number of rotatable bonds is 13.